The van der Waals surface area contributed by atoms with Crippen LogP contribution in [-0.2, 0) is 0 Å². The van der Waals surface area contributed by atoms with Gasteiger partial charge < -0.3 is 10.1 Å². The fourth-order valence-electron chi connectivity index (χ4n) is 2.50. The highest BCUT2D eigenvalue weighted by Gasteiger charge is 2.34. The van der Waals surface area contributed by atoms with Crippen LogP contribution >= 0.6 is 11.6 Å². The van der Waals surface area contributed by atoms with Crippen molar-refractivity contribution < 1.29 is 4.74 Å². The Bertz CT molecular complexity index is 405. The Labute approximate surface area is 108 Å². The van der Waals surface area contributed by atoms with Crippen LogP contribution in [0, 0.1) is 6.92 Å². The Kier molecular flexibility index (Phi) is 3.95. The molecule has 1 aromatic carbocycles. The predicted octanol–water partition coefficient (Wildman–Crippen LogP) is 3.86. The van der Waals surface area contributed by atoms with Crippen LogP contribution in [0.5, 0.6) is 5.75 Å². The van der Waals surface area contributed by atoms with E-state index in [1.54, 1.807) is 0 Å². The first-order chi connectivity index (χ1) is 8.17. The van der Waals surface area contributed by atoms with E-state index in [1.807, 2.05) is 6.07 Å². The van der Waals surface area contributed by atoms with Gasteiger partial charge in [0.1, 0.15) is 11.9 Å². The highest BCUT2D eigenvalue weighted by atomic mass is 35.5. The molecule has 0 aliphatic carbocycles. The van der Waals surface area contributed by atoms with Gasteiger partial charge in [0.15, 0.2) is 0 Å². The number of nitrogens with one attached hydrogen (secondary N) is 1. The van der Waals surface area contributed by atoms with Crippen LogP contribution in [0.3, 0.4) is 0 Å². The molecular weight excluding hydrogens is 234 g/mol. The van der Waals surface area contributed by atoms with E-state index in [4.69, 9.17) is 16.3 Å². The minimum absolute atomic E-state index is 0.217. The van der Waals surface area contributed by atoms with Crippen LogP contribution < -0.4 is 10.1 Å². The summed E-state index contributed by atoms with van der Waals surface area (Å²) in [5.74, 6) is 0.877. The first kappa shape index (κ1) is 12.7. The third kappa shape index (κ3) is 2.43. The van der Waals surface area contributed by atoms with Crippen molar-refractivity contribution in [1.29, 1.82) is 0 Å². The standard InChI is InChI=1S/C14H20ClNO/c1-4-6-12-13(16-5-2)10-7-9(3)8-11(15)14(10)17-12/h7-8,12-13,16H,4-6H2,1-3H3. The van der Waals surface area contributed by atoms with E-state index in [2.05, 4.69) is 32.2 Å². The molecule has 2 nitrogen and oxygen atoms in total. The van der Waals surface area contributed by atoms with E-state index in [-0.39, 0.29) is 12.1 Å². The second-order valence-electron chi connectivity index (χ2n) is 4.65. The third-order valence-electron chi connectivity index (χ3n) is 3.19. The molecule has 0 saturated heterocycles. The number of halogens is 1. The molecule has 0 amide bonds. The Balaban J connectivity index is 2.35. The molecule has 0 spiro atoms. The largest absolute Gasteiger partial charge is 0.487 e. The van der Waals surface area contributed by atoms with Gasteiger partial charge in [-0.2, -0.15) is 0 Å². The van der Waals surface area contributed by atoms with Crippen LogP contribution in [0.15, 0.2) is 12.1 Å². The molecule has 94 valence electrons. The van der Waals surface area contributed by atoms with Crippen LogP contribution in [-0.4, -0.2) is 12.6 Å². The second kappa shape index (κ2) is 5.28. The molecule has 2 rings (SSSR count). The van der Waals surface area contributed by atoms with Crippen molar-refractivity contribution in [3.05, 3.63) is 28.3 Å². The molecule has 2 atom stereocenters. The molecule has 17 heavy (non-hydrogen) atoms. The lowest BCUT2D eigenvalue weighted by Crippen LogP contribution is -2.30. The van der Waals surface area contributed by atoms with Crippen molar-refractivity contribution in [2.45, 2.75) is 45.8 Å². The minimum atomic E-state index is 0.217. The molecule has 2 unspecified atom stereocenters. The van der Waals surface area contributed by atoms with E-state index in [1.165, 1.54) is 11.1 Å². The number of ether oxygens (including phenoxy) is 1. The van der Waals surface area contributed by atoms with E-state index in [9.17, 15) is 0 Å². The van der Waals surface area contributed by atoms with Crippen molar-refractivity contribution in [3.8, 4) is 5.75 Å². The quantitative estimate of drug-likeness (QED) is 0.880. The van der Waals surface area contributed by atoms with Crippen LogP contribution in [0.25, 0.3) is 0 Å². The van der Waals surface area contributed by atoms with Crippen molar-refractivity contribution >= 4 is 11.6 Å². The molecular formula is C14H20ClNO. The average molecular weight is 254 g/mol. The monoisotopic (exact) mass is 253 g/mol. The summed E-state index contributed by atoms with van der Waals surface area (Å²) in [6.07, 6.45) is 2.40. The highest BCUT2D eigenvalue weighted by molar-refractivity contribution is 6.32. The van der Waals surface area contributed by atoms with E-state index in [0.717, 1.165) is 30.2 Å². The van der Waals surface area contributed by atoms with E-state index < -0.39 is 0 Å². The molecule has 0 bridgehead atoms. The van der Waals surface area contributed by atoms with E-state index >= 15 is 0 Å². The van der Waals surface area contributed by atoms with Gasteiger partial charge in [-0.15, -0.1) is 0 Å². The normalized spacial score (nSPS) is 22.4. The summed E-state index contributed by atoms with van der Waals surface area (Å²) in [6.45, 7) is 7.32. The number of hydrogen-bond donors (Lipinski definition) is 1. The SMILES string of the molecule is CCCC1Oc2c(Cl)cc(C)cc2C1NCC. The zero-order chi connectivity index (χ0) is 12.4. The van der Waals surface area contributed by atoms with Crippen molar-refractivity contribution in [3.63, 3.8) is 0 Å². The zero-order valence-corrected chi connectivity index (χ0v) is 11.5. The number of benzene rings is 1. The molecule has 0 saturated carbocycles. The van der Waals surface area contributed by atoms with Gasteiger partial charge in [-0.05, 0) is 31.5 Å². The number of rotatable bonds is 4. The molecule has 1 aromatic rings. The lowest BCUT2D eigenvalue weighted by molar-refractivity contribution is 0.179. The highest BCUT2D eigenvalue weighted by Crippen LogP contribution is 2.43. The summed E-state index contributed by atoms with van der Waals surface area (Å²) in [5.41, 5.74) is 2.41. The lowest BCUT2D eigenvalue weighted by Gasteiger charge is -2.19. The Morgan fingerprint density at radius 2 is 2.12 bits per heavy atom. The molecule has 1 aliphatic heterocycles. The Morgan fingerprint density at radius 3 is 2.76 bits per heavy atom. The summed E-state index contributed by atoms with van der Waals surface area (Å²) in [4.78, 5) is 0. The Hall–Kier alpha value is -0.730. The fraction of sp³-hybridized carbons (Fsp3) is 0.571. The van der Waals surface area contributed by atoms with E-state index in [0.29, 0.717) is 0 Å². The van der Waals surface area contributed by atoms with Gasteiger partial charge in [-0.25, -0.2) is 0 Å². The summed E-state index contributed by atoms with van der Waals surface area (Å²) in [5, 5.41) is 4.24. The smallest absolute Gasteiger partial charge is 0.143 e. The van der Waals surface area contributed by atoms with Crippen molar-refractivity contribution in [2.24, 2.45) is 0 Å². The van der Waals surface area contributed by atoms with Crippen LogP contribution in [0.2, 0.25) is 5.02 Å². The third-order valence-corrected chi connectivity index (χ3v) is 3.47. The summed E-state index contributed by atoms with van der Waals surface area (Å²) in [7, 11) is 0. The molecule has 1 heterocycles. The predicted molar refractivity (Wildman–Crippen MR) is 71.9 cm³/mol. The first-order valence-corrected chi connectivity index (χ1v) is 6.75. The van der Waals surface area contributed by atoms with Gasteiger partial charge in [-0.3, -0.25) is 0 Å². The maximum Gasteiger partial charge on any atom is 0.143 e. The van der Waals surface area contributed by atoms with Gasteiger partial charge in [0.2, 0.25) is 0 Å². The number of aryl methyl sites for hydroxylation is 1. The molecule has 1 aliphatic rings. The number of fused-ring (bicyclic) bond motifs is 1. The molecule has 1 N–H and O–H groups in total. The number of likely N-dealkylation sites (N-methyl/N-ethyl adjacent to an activating group) is 1. The van der Waals surface area contributed by atoms with Crippen LogP contribution in [0.1, 0.15) is 43.9 Å². The van der Waals surface area contributed by atoms with Crippen molar-refractivity contribution in [1.82, 2.24) is 5.32 Å². The fourth-order valence-corrected chi connectivity index (χ4v) is 2.83. The topological polar surface area (TPSA) is 21.3 Å². The maximum absolute atomic E-state index is 6.25. The minimum Gasteiger partial charge on any atom is -0.487 e. The number of hydrogen-bond acceptors (Lipinski definition) is 2. The first-order valence-electron chi connectivity index (χ1n) is 6.37. The summed E-state index contributed by atoms with van der Waals surface area (Å²) >= 11 is 6.25. The average Bonchev–Trinajstić information content (AvgIpc) is 2.59. The molecule has 3 heteroatoms. The molecule has 0 fully saturated rings. The molecule has 0 radical (unpaired) electrons. The van der Waals surface area contributed by atoms with Gasteiger partial charge in [0, 0.05) is 5.56 Å². The maximum atomic E-state index is 6.25. The second-order valence-corrected chi connectivity index (χ2v) is 5.05. The summed E-state index contributed by atoms with van der Waals surface area (Å²) < 4.78 is 6.00. The molecule has 0 aromatic heterocycles. The van der Waals surface area contributed by atoms with Gasteiger partial charge in [-0.1, -0.05) is 37.9 Å². The van der Waals surface area contributed by atoms with Gasteiger partial charge in [0.25, 0.3) is 0 Å². The van der Waals surface area contributed by atoms with Gasteiger partial charge in [0.05, 0.1) is 11.1 Å². The zero-order valence-electron chi connectivity index (χ0n) is 10.7. The Morgan fingerprint density at radius 1 is 1.35 bits per heavy atom. The van der Waals surface area contributed by atoms with Crippen molar-refractivity contribution in [2.75, 3.05) is 6.54 Å². The summed E-state index contributed by atoms with van der Waals surface area (Å²) in [6, 6.07) is 4.44. The van der Waals surface area contributed by atoms with Gasteiger partial charge >= 0.3 is 0 Å². The van der Waals surface area contributed by atoms with Crippen LogP contribution in [0.4, 0.5) is 0 Å². The lowest BCUT2D eigenvalue weighted by atomic mass is 9.99.